The molecular weight excluding hydrogens is 506 g/mol. The van der Waals surface area contributed by atoms with Crippen molar-refractivity contribution in [2.24, 2.45) is 0 Å². The Morgan fingerprint density at radius 2 is 0.975 bits per heavy atom. The van der Waals surface area contributed by atoms with Crippen molar-refractivity contribution in [3.05, 3.63) is 131 Å². The molecule has 0 saturated heterocycles. The normalized spacial score (nSPS) is 11.9. The predicted octanol–water partition coefficient (Wildman–Crippen LogP) is 11.7. The molecule has 0 bridgehead atoms. The molecule has 5 rings (SSSR count). The van der Waals surface area contributed by atoms with Crippen molar-refractivity contribution in [2.45, 2.75) is 52.4 Å². The van der Waals surface area contributed by atoms with Crippen LogP contribution in [0.4, 0.5) is 11.4 Å². The van der Waals surface area contributed by atoms with Gasteiger partial charge < -0.3 is 5.32 Å². The Bertz CT molecular complexity index is 1540. The first-order chi connectivity index (χ1) is 19.0. The first kappa shape index (κ1) is 27.7. The van der Waals surface area contributed by atoms with Gasteiger partial charge in [-0.2, -0.15) is 0 Å². The van der Waals surface area contributed by atoms with Gasteiger partial charge in [0.2, 0.25) is 0 Å². The Morgan fingerprint density at radius 1 is 0.475 bits per heavy atom. The van der Waals surface area contributed by atoms with Gasteiger partial charge in [0.25, 0.3) is 0 Å². The van der Waals surface area contributed by atoms with Crippen LogP contribution in [0.25, 0.3) is 33.4 Å². The SMILES string of the molecule is CC(C)(C)c1ccc(-c2cc(Cl)cc(Nc3c(-c4ccccc4)cc(C(C)(C)C)cc3-c3ccccc3)c2)cc1. The van der Waals surface area contributed by atoms with E-state index in [0.717, 1.165) is 22.5 Å². The van der Waals surface area contributed by atoms with Gasteiger partial charge in [-0.1, -0.05) is 138 Å². The molecule has 0 fully saturated rings. The summed E-state index contributed by atoms with van der Waals surface area (Å²) in [6.45, 7) is 13.5. The van der Waals surface area contributed by atoms with E-state index >= 15 is 0 Å². The molecule has 1 nitrogen and oxygen atoms in total. The third-order valence-electron chi connectivity index (χ3n) is 7.43. The number of hydrogen-bond acceptors (Lipinski definition) is 1. The Hall–Kier alpha value is -3.81. The van der Waals surface area contributed by atoms with Gasteiger partial charge in [0.15, 0.2) is 0 Å². The molecule has 0 aliphatic heterocycles. The summed E-state index contributed by atoms with van der Waals surface area (Å²) in [5.41, 5.74) is 11.7. The molecule has 0 heterocycles. The number of halogens is 1. The maximum absolute atomic E-state index is 6.73. The first-order valence-electron chi connectivity index (χ1n) is 14.0. The summed E-state index contributed by atoms with van der Waals surface area (Å²) >= 11 is 6.73. The molecule has 5 aromatic rings. The van der Waals surface area contributed by atoms with Crippen molar-refractivity contribution in [1.29, 1.82) is 0 Å². The molecule has 0 aliphatic carbocycles. The minimum absolute atomic E-state index is 0.00592. The third kappa shape index (κ3) is 6.16. The van der Waals surface area contributed by atoms with Crippen LogP contribution in [-0.4, -0.2) is 0 Å². The Labute approximate surface area is 244 Å². The van der Waals surface area contributed by atoms with Gasteiger partial charge in [0.1, 0.15) is 0 Å². The van der Waals surface area contributed by atoms with Gasteiger partial charge in [0.05, 0.1) is 5.69 Å². The molecule has 1 N–H and O–H groups in total. The number of hydrogen-bond donors (Lipinski definition) is 1. The van der Waals surface area contributed by atoms with Gasteiger partial charge in [-0.25, -0.2) is 0 Å². The minimum Gasteiger partial charge on any atom is -0.354 e. The summed E-state index contributed by atoms with van der Waals surface area (Å²) in [4.78, 5) is 0. The quantitative estimate of drug-likeness (QED) is 0.232. The summed E-state index contributed by atoms with van der Waals surface area (Å²) in [6, 6.07) is 41.0. The van der Waals surface area contributed by atoms with Crippen LogP contribution in [0.3, 0.4) is 0 Å². The Morgan fingerprint density at radius 3 is 1.45 bits per heavy atom. The molecule has 0 amide bonds. The van der Waals surface area contributed by atoms with E-state index in [2.05, 4.69) is 150 Å². The molecule has 0 aromatic heterocycles. The van der Waals surface area contributed by atoms with Gasteiger partial charge >= 0.3 is 0 Å². The molecule has 5 aromatic carbocycles. The molecule has 0 radical (unpaired) electrons. The number of nitrogens with one attached hydrogen (secondary N) is 1. The van der Waals surface area contributed by atoms with Crippen LogP contribution < -0.4 is 5.32 Å². The highest BCUT2D eigenvalue weighted by atomic mass is 35.5. The fraction of sp³-hybridized carbons (Fsp3) is 0.211. The molecule has 0 spiro atoms. The average Bonchev–Trinajstić information content (AvgIpc) is 2.93. The highest BCUT2D eigenvalue weighted by molar-refractivity contribution is 6.31. The van der Waals surface area contributed by atoms with E-state index in [1.54, 1.807) is 0 Å². The van der Waals surface area contributed by atoms with Crippen LogP contribution in [0, 0.1) is 0 Å². The zero-order chi connectivity index (χ0) is 28.5. The molecule has 2 heteroatoms. The second-order valence-corrected chi connectivity index (χ2v) is 13.0. The van der Waals surface area contributed by atoms with E-state index < -0.39 is 0 Å². The van der Waals surface area contributed by atoms with Crippen LogP contribution in [0.5, 0.6) is 0 Å². The summed E-state index contributed by atoms with van der Waals surface area (Å²) in [5.74, 6) is 0. The van der Waals surface area contributed by atoms with E-state index in [0.29, 0.717) is 5.02 Å². The average molecular weight is 544 g/mol. The lowest BCUT2D eigenvalue weighted by atomic mass is 9.82. The van der Waals surface area contributed by atoms with Crippen molar-refractivity contribution < 1.29 is 0 Å². The third-order valence-corrected chi connectivity index (χ3v) is 7.64. The minimum atomic E-state index is -0.00592. The highest BCUT2D eigenvalue weighted by Crippen LogP contribution is 2.43. The monoisotopic (exact) mass is 543 g/mol. The Balaban J connectivity index is 1.67. The molecule has 0 atom stereocenters. The Kier molecular flexibility index (Phi) is 7.62. The molecule has 0 unspecified atom stereocenters. The van der Waals surface area contributed by atoms with Crippen molar-refractivity contribution >= 4 is 23.0 Å². The first-order valence-corrected chi connectivity index (χ1v) is 14.3. The van der Waals surface area contributed by atoms with Crippen LogP contribution in [0.15, 0.2) is 115 Å². The molecule has 40 heavy (non-hydrogen) atoms. The molecule has 0 aliphatic rings. The standard InChI is InChI=1S/C38H38ClN/c1-37(2,3)30-19-17-26(18-20-30)29-21-32(39)25-33(22-29)40-36-34(27-13-9-7-10-14-27)23-31(38(4,5)6)24-35(36)28-15-11-8-12-16-28/h7-25,40H,1-6H3. The number of anilines is 2. The lowest BCUT2D eigenvalue weighted by Crippen LogP contribution is -2.12. The van der Waals surface area contributed by atoms with Crippen LogP contribution in [0.1, 0.15) is 52.7 Å². The van der Waals surface area contributed by atoms with Crippen LogP contribution in [0.2, 0.25) is 5.02 Å². The topological polar surface area (TPSA) is 12.0 Å². The van der Waals surface area contributed by atoms with E-state index in [-0.39, 0.29) is 10.8 Å². The largest absolute Gasteiger partial charge is 0.354 e. The lowest BCUT2D eigenvalue weighted by molar-refractivity contribution is 0.590. The predicted molar refractivity (Wildman–Crippen MR) is 175 cm³/mol. The summed E-state index contributed by atoms with van der Waals surface area (Å²) in [6.07, 6.45) is 0. The summed E-state index contributed by atoms with van der Waals surface area (Å²) in [5, 5.41) is 4.52. The number of benzene rings is 5. The van der Waals surface area contributed by atoms with E-state index in [1.807, 2.05) is 12.1 Å². The van der Waals surface area contributed by atoms with Crippen LogP contribution >= 0.6 is 11.6 Å². The van der Waals surface area contributed by atoms with Crippen LogP contribution in [-0.2, 0) is 10.8 Å². The lowest BCUT2D eigenvalue weighted by Gasteiger charge is -2.25. The molecule has 202 valence electrons. The van der Waals surface area contributed by atoms with E-state index in [9.17, 15) is 0 Å². The van der Waals surface area contributed by atoms with Gasteiger partial charge in [-0.15, -0.1) is 0 Å². The van der Waals surface area contributed by atoms with Crippen molar-refractivity contribution in [1.82, 2.24) is 0 Å². The maximum Gasteiger partial charge on any atom is 0.0543 e. The zero-order valence-electron chi connectivity index (χ0n) is 24.3. The fourth-order valence-electron chi connectivity index (χ4n) is 5.04. The van der Waals surface area contributed by atoms with E-state index in [1.165, 1.54) is 33.4 Å². The smallest absolute Gasteiger partial charge is 0.0543 e. The summed E-state index contributed by atoms with van der Waals surface area (Å²) < 4.78 is 0. The second kappa shape index (κ2) is 11.0. The van der Waals surface area contributed by atoms with Crippen molar-refractivity contribution in [3.63, 3.8) is 0 Å². The molecular formula is C38H38ClN. The zero-order valence-corrected chi connectivity index (χ0v) is 25.1. The highest BCUT2D eigenvalue weighted by Gasteiger charge is 2.21. The summed E-state index contributed by atoms with van der Waals surface area (Å²) in [7, 11) is 0. The maximum atomic E-state index is 6.73. The van der Waals surface area contributed by atoms with Gasteiger partial charge in [-0.3, -0.25) is 0 Å². The van der Waals surface area contributed by atoms with Crippen molar-refractivity contribution in [2.75, 3.05) is 5.32 Å². The van der Waals surface area contributed by atoms with E-state index in [4.69, 9.17) is 11.6 Å². The van der Waals surface area contributed by atoms with Gasteiger partial charge in [-0.05, 0) is 74.5 Å². The number of rotatable bonds is 5. The molecule has 0 saturated carbocycles. The van der Waals surface area contributed by atoms with Gasteiger partial charge in [0, 0.05) is 21.8 Å². The second-order valence-electron chi connectivity index (χ2n) is 12.6. The van der Waals surface area contributed by atoms with Crippen molar-refractivity contribution in [3.8, 4) is 33.4 Å². The fourth-order valence-corrected chi connectivity index (χ4v) is 5.27.